The van der Waals surface area contributed by atoms with E-state index in [4.69, 9.17) is 4.74 Å². The molecule has 0 fully saturated rings. The number of ether oxygens (including phenoxy) is 1. The third-order valence-corrected chi connectivity index (χ3v) is 7.59. The molecule has 0 aliphatic heterocycles. The van der Waals surface area contributed by atoms with Gasteiger partial charge in [-0.1, -0.05) is 66.4 Å². The Bertz CT molecular complexity index is 1300. The van der Waals surface area contributed by atoms with Gasteiger partial charge < -0.3 is 4.74 Å². The summed E-state index contributed by atoms with van der Waals surface area (Å²) in [6, 6.07) is 25.2. The van der Waals surface area contributed by atoms with Crippen molar-refractivity contribution in [2.45, 2.75) is 21.1 Å². The third-order valence-electron chi connectivity index (χ3n) is 4.66. The van der Waals surface area contributed by atoms with Crippen LogP contribution in [0.2, 0.25) is 0 Å². The molecule has 0 amide bonds. The van der Waals surface area contributed by atoms with Gasteiger partial charge in [-0.3, -0.25) is 4.79 Å². The Labute approximate surface area is 179 Å². The normalized spacial score (nSPS) is 11.5. The van der Waals surface area contributed by atoms with Gasteiger partial charge in [-0.15, -0.1) is 0 Å². The van der Waals surface area contributed by atoms with E-state index in [9.17, 15) is 13.2 Å². The smallest absolute Gasteiger partial charge is 0.311 e. The fourth-order valence-electron chi connectivity index (χ4n) is 3.29. The highest BCUT2D eigenvalue weighted by Gasteiger charge is 2.28. The molecular weight excluding hydrogens is 418 g/mol. The second-order valence-corrected chi connectivity index (χ2v) is 9.41. The van der Waals surface area contributed by atoms with Gasteiger partial charge in [0.2, 0.25) is 0 Å². The van der Waals surface area contributed by atoms with Crippen LogP contribution in [0.25, 0.3) is 10.9 Å². The van der Waals surface area contributed by atoms with E-state index >= 15 is 0 Å². The molecule has 0 bridgehead atoms. The predicted molar refractivity (Wildman–Crippen MR) is 117 cm³/mol. The standard InChI is InChI=1S/C23H19NO4S2/c1-28-22(25)16-21-23(29-17-10-4-2-5-11-17)19-14-8-9-15-20(19)24(21)30(26,27)18-12-6-3-7-13-18/h2-15H,16H2,1H3. The number of benzene rings is 3. The van der Waals surface area contributed by atoms with Crippen LogP contribution in [0.1, 0.15) is 5.69 Å². The zero-order valence-corrected chi connectivity index (χ0v) is 17.8. The van der Waals surface area contributed by atoms with E-state index in [1.54, 1.807) is 42.5 Å². The Kier molecular flexibility index (Phi) is 5.65. The molecule has 1 aromatic heterocycles. The Morgan fingerprint density at radius 2 is 1.50 bits per heavy atom. The number of carbonyl (C=O) groups excluding carboxylic acids is 1. The number of carbonyl (C=O) groups is 1. The molecule has 4 aromatic rings. The highest BCUT2D eigenvalue weighted by molar-refractivity contribution is 7.99. The van der Waals surface area contributed by atoms with Gasteiger partial charge in [0, 0.05) is 15.2 Å². The molecule has 3 aromatic carbocycles. The lowest BCUT2D eigenvalue weighted by Crippen LogP contribution is -2.18. The Balaban J connectivity index is 2.02. The number of hydrogen-bond acceptors (Lipinski definition) is 5. The number of esters is 1. The van der Waals surface area contributed by atoms with E-state index in [0.29, 0.717) is 11.2 Å². The summed E-state index contributed by atoms with van der Waals surface area (Å²) in [4.78, 5) is 14.1. The van der Waals surface area contributed by atoms with Gasteiger partial charge in [-0.05, 0) is 30.3 Å². The lowest BCUT2D eigenvalue weighted by atomic mass is 10.2. The molecule has 0 saturated carbocycles. The first-order valence-corrected chi connectivity index (χ1v) is 11.5. The molecule has 0 aliphatic rings. The molecule has 1 heterocycles. The van der Waals surface area contributed by atoms with Crippen molar-refractivity contribution >= 4 is 38.7 Å². The van der Waals surface area contributed by atoms with E-state index in [2.05, 4.69) is 0 Å². The molecule has 0 saturated heterocycles. The maximum Gasteiger partial charge on any atom is 0.311 e. The molecule has 30 heavy (non-hydrogen) atoms. The van der Waals surface area contributed by atoms with Crippen LogP contribution in [0.4, 0.5) is 0 Å². The minimum absolute atomic E-state index is 0.160. The van der Waals surface area contributed by atoms with Gasteiger partial charge in [0.05, 0.1) is 29.6 Å². The van der Waals surface area contributed by atoms with Gasteiger partial charge in [0.15, 0.2) is 0 Å². The topological polar surface area (TPSA) is 65.4 Å². The van der Waals surface area contributed by atoms with Crippen molar-refractivity contribution < 1.29 is 17.9 Å². The van der Waals surface area contributed by atoms with E-state index in [1.165, 1.54) is 22.8 Å². The number of methoxy groups -OCH3 is 1. The minimum atomic E-state index is -3.93. The maximum atomic E-state index is 13.6. The highest BCUT2D eigenvalue weighted by atomic mass is 32.2. The second kappa shape index (κ2) is 8.38. The summed E-state index contributed by atoms with van der Waals surface area (Å²) in [6.07, 6.45) is -0.160. The summed E-state index contributed by atoms with van der Waals surface area (Å²) in [5, 5.41) is 0.768. The van der Waals surface area contributed by atoms with E-state index < -0.39 is 16.0 Å². The molecule has 152 valence electrons. The van der Waals surface area contributed by atoms with Crippen LogP contribution in [-0.2, 0) is 26.0 Å². The average Bonchev–Trinajstić information content (AvgIpc) is 3.08. The highest BCUT2D eigenvalue weighted by Crippen LogP contribution is 2.40. The quantitative estimate of drug-likeness (QED) is 0.408. The number of nitrogens with zero attached hydrogens (tertiary/aromatic N) is 1. The van der Waals surface area contributed by atoms with E-state index in [0.717, 1.165) is 15.2 Å². The largest absolute Gasteiger partial charge is 0.469 e. The van der Waals surface area contributed by atoms with Gasteiger partial charge in [0.25, 0.3) is 10.0 Å². The number of rotatable bonds is 6. The summed E-state index contributed by atoms with van der Waals surface area (Å²) in [5.41, 5.74) is 0.916. The number of aromatic nitrogens is 1. The summed E-state index contributed by atoms with van der Waals surface area (Å²) < 4.78 is 33.4. The average molecular weight is 438 g/mol. The predicted octanol–water partition coefficient (Wildman–Crippen LogP) is 4.75. The molecule has 0 atom stereocenters. The summed E-state index contributed by atoms with van der Waals surface area (Å²) in [5.74, 6) is -0.503. The molecule has 0 N–H and O–H groups in total. The molecule has 0 unspecified atom stereocenters. The lowest BCUT2D eigenvalue weighted by Gasteiger charge is -2.12. The molecule has 7 heteroatoms. The third kappa shape index (κ3) is 3.74. The van der Waals surface area contributed by atoms with Crippen LogP contribution in [-0.4, -0.2) is 25.5 Å². The van der Waals surface area contributed by atoms with Gasteiger partial charge >= 0.3 is 5.97 Å². The van der Waals surface area contributed by atoms with E-state index in [-0.39, 0.29) is 11.3 Å². The fourth-order valence-corrected chi connectivity index (χ4v) is 6.02. The van der Waals surface area contributed by atoms with Gasteiger partial charge in [-0.2, -0.15) is 0 Å². The zero-order chi connectivity index (χ0) is 21.1. The van der Waals surface area contributed by atoms with Crippen molar-refractivity contribution in [1.29, 1.82) is 0 Å². The van der Waals surface area contributed by atoms with Crippen LogP contribution >= 0.6 is 11.8 Å². The number of hydrogen-bond donors (Lipinski definition) is 0. The minimum Gasteiger partial charge on any atom is -0.469 e. The first kappa shape index (κ1) is 20.3. The van der Waals surface area contributed by atoms with Crippen LogP contribution in [0.5, 0.6) is 0 Å². The monoisotopic (exact) mass is 437 g/mol. The van der Waals surface area contributed by atoms with Gasteiger partial charge in [0.1, 0.15) is 0 Å². The first-order valence-electron chi connectivity index (χ1n) is 9.25. The maximum absolute atomic E-state index is 13.6. The summed E-state index contributed by atoms with van der Waals surface area (Å²) in [6.45, 7) is 0. The Hall–Kier alpha value is -3.03. The molecular formula is C23H19NO4S2. The van der Waals surface area contributed by atoms with Crippen molar-refractivity contribution in [3.63, 3.8) is 0 Å². The van der Waals surface area contributed by atoms with Crippen molar-refractivity contribution in [3.8, 4) is 0 Å². The van der Waals surface area contributed by atoms with Crippen molar-refractivity contribution in [1.82, 2.24) is 3.97 Å². The molecule has 0 spiro atoms. The lowest BCUT2D eigenvalue weighted by molar-refractivity contribution is -0.139. The van der Waals surface area contributed by atoms with Crippen LogP contribution in [0, 0.1) is 0 Å². The SMILES string of the molecule is COC(=O)Cc1c(Sc2ccccc2)c2ccccc2n1S(=O)(=O)c1ccccc1. The molecule has 5 nitrogen and oxygen atoms in total. The van der Waals surface area contributed by atoms with Crippen molar-refractivity contribution in [3.05, 3.63) is 90.6 Å². The first-order chi connectivity index (χ1) is 14.5. The summed E-state index contributed by atoms with van der Waals surface area (Å²) in [7, 11) is -2.63. The zero-order valence-electron chi connectivity index (χ0n) is 16.2. The molecule has 4 rings (SSSR count). The Morgan fingerprint density at radius 3 is 2.17 bits per heavy atom. The molecule has 0 aliphatic carbocycles. The van der Waals surface area contributed by atoms with Crippen LogP contribution < -0.4 is 0 Å². The van der Waals surface area contributed by atoms with Gasteiger partial charge in [-0.25, -0.2) is 12.4 Å². The van der Waals surface area contributed by atoms with E-state index in [1.807, 2.05) is 42.5 Å². The van der Waals surface area contributed by atoms with Crippen LogP contribution in [0.3, 0.4) is 0 Å². The second-order valence-electron chi connectivity index (χ2n) is 6.54. The van der Waals surface area contributed by atoms with Crippen molar-refractivity contribution in [2.75, 3.05) is 7.11 Å². The number of para-hydroxylation sites is 1. The number of fused-ring (bicyclic) bond motifs is 1. The summed E-state index contributed by atoms with van der Waals surface area (Å²) >= 11 is 1.44. The van der Waals surface area contributed by atoms with Crippen molar-refractivity contribution in [2.24, 2.45) is 0 Å². The fraction of sp³-hybridized carbons (Fsp3) is 0.0870. The Morgan fingerprint density at radius 1 is 0.900 bits per heavy atom. The molecule has 0 radical (unpaired) electrons. The van der Waals surface area contributed by atoms with Crippen LogP contribution in [0.15, 0.2) is 99.6 Å².